The van der Waals surface area contributed by atoms with Crippen LogP contribution in [0.25, 0.3) is 5.69 Å². The molecule has 1 saturated carbocycles. The first kappa shape index (κ1) is 17.8. The van der Waals surface area contributed by atoms with Crippen LogP contribution in [0.2, 0.25) is 0 Å². The average Bonchev–Trinajstić information content (AvgIpc) is 3.00. The van der Waals surface area contributed by atoms with Crippen molar-refractivity contribution in [3.8, 4) is 17.5 Å². The number of ether oxygens (including phenoxy) is 2. The van der Waals surface area contributed by atoms with E-state index in [1.807, 2.05) is 6.07 Å². The quantitative estimate of drug-likeness (QED) is 0.845. The molecule has 0 radical (unpaired) electrons. The molecule has 0 spiro atoms. The summed E-state index contributed by atoms with van der Waals surface area (Å²) in [7, 11) is 1.22. The van der Waals surface area contributed by atoms with E-state index in [1.165, 1.54) is 30.0 Å². The number of carbonyl (C=O) groups excluding carboxylic acids is 1. The van der Waals surface area contributed by atoms with Crippen molar-refractivity contribution in [2.24, 2.45) is 0 Å². The number of para-hydroxylation sites is 1. The van der Waals surface area contributed by atoms with Crippen molar-refractivity contribution in [3.05, 3.63) is 41.5 Å². The first-order valence-electron chi connectivity index (χ1n) is 8.51. The van der Waals surface area contributed by atoms with Gasteiger partial charge in [0.15, 0.2) is 17.3 Å². The Balaban J connectivity index is 2.11. The predicted octanol–water partition coefficient (Wildman–Crippen LogP) is 3.57. The van der Waals surface area contributed by atoms with Gasteiger partial charge in [0.25, 0.3) is 0 Å². The number of esters is 1. The summed E-state index contributed by atoms with van der Waals surface area (Å²) in [5.41, 5.74) is 6.31. The van der Waals surface area contributed by atoms with Crippen LogP contribution in [0.15, 0.2) is 24.4 Å². The van der Waals surface area contributed by atoms with Crippen molar-refractivity contribution in [1.82, 2.24) is 4.57 Å². The molecule has 1 aliphatic carbocycles. The molecule has 6 nitrogen and oxygen atoms in total. The van der Waals surface area contributed by atoms with Gasteiger partial charge in [0.05, 0.1) is 30.2 Å². The summed E-state index contributed by atoms with van der Waals surface area (Å²) in [4.78, 5) is 12.2. The minimum Gasteiger partial charge on any atom is -0.485 e. The molecule has 7 heteroatoms. The molecule has 0 aliphatic heterocycles. The highest BCUT2D eigenvalue weighted by atomic mass is 19.1. The Bertz CT molecular complexity index is 864. The fourth-order valence-corrected chi connectivity index (χ4v) is 3.26. The van der Waals surface area contributed by atoms with Gasteiger partial charge in [-0.2, -0.15) is 5.26 Å². The minimum atomic E-state index is -0.711. The lowest BCUT2D eigenvalue weighted by Crippen LogP contribution is -2.21. The summed E-state index contributed by atoms with van der Waals surface area (Å²) in [6.07, 6.45) is 6.25. The van der Waals surface area contributed by atoms with Gasteiger partial charge in [-0.25, -0.2) is 9.18 Å². The molecule has 1 aliphatic rings. The number of benzene rings is 1. The van der Waals surface area contributed by atoms with Crippen LogP contribution in [0.5, 0.6) is 5.75 Å². The summed E-state index contributed by atoms with van der Waals surface area (Å²) in [6, 6.07) is 6.37. The molecular formula is C19H20FN3O3. The highest BCUT2D eigenvalue weighted by Crippen LogP contribution is 2.34. The Morgan fingerprint density at radius 3 is 2.73 bits per heavy atom. The van der Waals surface area contributed by atoms with Gasteiger partial charge < -0.3 is 19.8 Å². The number of halogens is 1. The van der Waals surface area contributed by atoms with Gasteiger partial charge in [0.1, 0.15) is 6.07 Å². The number of carbonyl (C=O) groups is 1. The third-order valence-electron chi connectivity index (χ3n) is 4.59. The Labute approximate surface area is 150 Å². The molecule has 0 unspecified atom stereocenters. The standard InChI is InChI=1S/C19H20FN3O3/c1-25-19(24)17-16(22)12(10-21)11-23(17)15-9-5-8-14(20)18(15)26-13-6-3-2-4-7-13/h5,8-9,11,13H,2-4,6-7,22H2,1H3. The van der Waals surface area contributed by atoms with E-state index in [0.717, 1.165) is 32.1 Å². The molecule has 0 atom stereocenters. The number of hydrogen-bond donors (Lipinski definition) is 1. The number of aromatic nitrogens is 1. The Morgan fingerprint density at radius 2 is 2.08 bits per heavy atom. The highest BCUT2D eigenvalue weighted by Gasteiger charge is 2.26. The van der Waals surface area contributed by atoms with E-state index in [4.69, 9.17) is 15.2 Å². The molecule has 1 aromatic heterocycles. The van der Waals surface area contributed by atoms with E-state index in [9.17, 15) is 14.4 Å². The number of anilines is 1. The fraction of sp³-hybridized carbons (Fsp3) is 0.368. The second kappa shape index (κ2) is 7.48. The molecule has 1 heterocycles. The number of hydrogen-bond acceptors (Lipinski definition) is 5. The van der Waals surface area contributed by atoms with E-state index < -0.39 is 11.8 Å². The third kappa shape index (κ3) is 3.23. The van der Waals surface area contributed by atoms with Crippen LogP contribution in [0, 0.1) is 17.1 Å². The maximum atomic E-state index is 14.5. The van der Waals surface area contributed by atoms with Crippen LogP contribution in [0.1, 0.15) is 48.2 Å². The normalized spacial score (nSPS) is 14.7. The zero-order chi connectivity index (χ0) is 18.7. The van der Waals surface area contributed by atoms with E-state index >= 15 is 0 Å². The monoisotopic (exact) mass is 357 g/mol. The molecular weight excluding hydrogens is 337 g/mol. The van der Waals surface area contributed by atoms with Crippen molar-refractivity contribution in [2.45, 2.75) is 38.2 Å². The molecule has 0 amide bonds. The number of nitrogens with zero attached hydrogens (tertiary/aromatic N) is 2. The van der Waals surface area contributed by atoms with Crippen molar-refractivity contribution < 1.29 is 18.7 Å². The van der Waals surface area contributed by atoms with Crippen LogP contribution >= 0.6 is 0 Å². The van der Waals surface area contributed by atoms with Gasteiger partial charge in [-0.05, 0) is 37.8 Å². The lowest BCUT2D eigenvalue weighted by atomic mass is 9.98. The lowest BCUT2D eigenvalue weighted by Gasteiger charge is -2.25. The molecule has 2 aromatic rings. The Kier molecular flexibility index (Phi) is 5.12. The van der Waals surface area contributed by atoms with E-state index in [0.29, 0.717) is 5.69 Å². The Hall–Kier alpha value is -3.01. The van der Waals surface area contributed by atoms with Gasteiger partial charge in [-0.15, -0.1) is 0 Å². The molecule has 3 rings (SSSR count). The SMILES string of the molecule is COC(=O)c1c(N)c(C#N)cn1-c1cccc(F)c1OC1CCCCC1. The van der Waals surface area contributed by atoms with Crippen molar-refractivity contribution in [2.75, 3.05) is 12.8 Å². The van der Waals surface area contributed by atoms with Gasteiger partial charge in [0.2, 0.25) is 0 Å². The number of nitriles is 1. The molecule has 1 aromatic carbocycles. The van der Waals surface area contributed by atoms with Crippen LogP contribution < -0.4 is 10.5 Å². The van der Waals surface area contributed by atoms with Crippen LogP contribution in [-0.2, 0) is 4.74 Å². The molecule has 136 valence electrons. The van der Waals surface area contributed by atoms with E-state index in [1.54, 1.807) is 6.07 Å². The predicted molar refractivity (Wildman–Crippen MR) is 93.7 cm³/mol. The molecule has 2 N–H and O–H groups in total. The van der Waals surface area contributed by atoms with Crippen LogP contribution in [-0.4, -0.2) is 23.8 Å². The van der Waals surface area contributed by atoms with Gasteiger partial charge in [-0.1, -0.05) is 12.5 Å². The molecule has 1 fully saturated rings. The summed E-state index contributed by atoms with van der Waals surface area (Å²) >= 11 is 0. The molecule has 26 heavy (non-hydrogen) atoms. The van der Waals surface area contributed by atoms with Crippen molar-refractivity contribution in [3.63, 3.8) is 0 Å². The van der Waals surface area contributed by atoms with Gasteiger partial charge >= 0.3 is 5.97 Å². The summed E-state index contributed by atoms with van der Waals surface area (Å²) in [5.74, 6) is -1.20. The number of nitrogens with two attached hydrogens (primary N) is 1. The maximum absolute atomic E-state index is 14.5. The van der Waals surface area contributed by atoms with Crippen LogP contribution in [0.4, 0.5) is 10.1 Å². The number of rotatable bonds is 4. The topological polar surface area (TPSA) is 90.3 Å². The lowest BCUT2D eigenvalue weighted by molar-refractivity contribution is 0.0593. The third-order valence-corrected chi connectivity index (χ3v) is 4.59. The largest absolute Gasteiger partial charge is 0.485 e. The van der Waals surface area contributed by atoms with Crippen molar-refractivity contribution >= 4 is 11.7 Å². The van der Waals surface area contributed by atoms with Gasteiger partial charge in [0, 0.05) is 6.20 Å². The van der Waals surface area contributed by atoms with Crippen molar-refractivity contribution in [1.29, 1.82) is 5.26 Å². The zero-order valence-corrected chi connectivity index (χ0v) is 14.5. The second-order valence-corrected chi connectivity index (χ2v) is 6.24. The summed E-state index contributed by atoms with van der Waals surface area (Å²) < 4.78 is 26.6. The maximum Gasteiger partial charge on any atom is 0.357 e. The summed E-state index contributed by atoms with van der Waals surface area (Å²) in [5, 5.41) is 9.24. The molecule has 0 saturated heterocycles. The van der Waals surface area contributed by atoms with E-state index in [2.05, 4.69) is 0 Å². The van der Waals surface area contributed by atoms with E-state index in [-0.39, 0.29) is 28.8 Å². The first-order chi connectivity index (χ1) is 12.6. The zero-order valence-electron chi connectivity index (χ0n) is 14.5. The molecule has 0 bridgehead atoms. The number of nitrogen functional groups attached to an aromatic ring is 1. The fourth-order valence-electron chi connectivity index (χ4n) is 3.26. The van der Waals surface area contributed by atoms with Crippen LogP contribution in [0.3, 0.4) is 0 Å². The highest BCUT2D eigenvalue weighted by molar-refractivity contribution is 5.96. The van der Waals surface area contributed by atoms with Gasteiger partial charge in [-0.3, -0.25) is 0 Å². The number of methoxy groups -OCH3 is 1. The Morgan fingerprint density at radius 1 is 1.35 bits per heavy atom. The first-order valence-corrected chi connectivity index (χ1v) is 8.51. The average molecular weight is 357 g/mol. The minimum absolute atomic E-state index is 0.00720. The summed E-state index contributed by atoms with van der Waals surface area (Å²) in [6.45, 7) is 0. The second-order valence-electron chi connectivity index (χ2n) is 6.24. The smallest absolute Gasteiger partial charge is 0.357 e.